The summed E-state index contributed by atoms with van der Waals surface area (Å²) in [5.74, 6) is 1.44. The van der Waals surface area contributed by atoms with Gasteiger partial charge in [0.2, 0.25) is 5.95 Å². The zero-order valence-electron chi connectivity index (χ0n) is 14.8. The maximum Gasteiger partial charge on any atom is 0.227 e. The lowest BCUT2D eigenvalue weighted by atomic mass is 10.1. The Hall–Kier alpha value is -2.17. The van der Waals surface area contributed by atoms with Crippen molar-refractivity contribution in [2.24, 2.45) is 0 Å². The summed E-state index contributed by atoms with van der Waals surface area (Å²) in [6.45, 7) is 9.01. The van der Waals surface area contributed by atoms with Crippen LogP contribution in [-0.2, 0) is 6.42 Å². The van der Waals surface area contributed by atoms with Crippen molar-refractivity contribution < 1.29 is 4.39 Å². The molecule has 0 fully saturated rings. The van der Waals surface area contributed by atoms with E-state index in [1.165, 1.54) is 12.1 Å². The Bertz CT molecular complexity index is 622. The highest BCUT2D eigenvalue weighted by atomic mass is 19.1. The molecule has 0 spiro atoms. The van der Waals surface area contributed by atoms with Crippen molar-refractivity contribution in [1.29, 1.82) is 0 Å². The van der Waals surface area contributed by atoms with Gasteiger partial charge < -0.3 is 10.2 Å². The van der Waals surface area contributed by atoms with Gasteiger partial charge in [0.25, 0.3) is 0 Å². The second kappa shape index (κ2) is 9.21. The molecule has 0 unspecified atom stereocenters. The molecular formula is C19H27FN4. The number of anilines is 2. The van der Waals surface area contributed by atoms with Crippen LogP contribution >= 0.6 is 0 Å². The molecule has 2 aromatic rings. The van der Waals surface area contributed by atoms with Gasteiger partial charge in [0.15, 0.2) is 0 Å². The third-order valence-electron chi connectivity index (χ3n) is 3.75. The average molecular weight is 330 g/mol. The fourth-order valence-corrected chi connectivity index (χ4v) is 2.62. The van der Waals surface area contributed by atoms with E-state index in [1.807, 2.05) is 25.1 Å². The predicted molar refractivity (Wildman–Crippen MR) is 98.2 cm³/mol. The van der Waals surface area contributed by atoms with Crippen LogP contribution in [0.4, 0.5) is 16.2 Å². The fourth-order valence-electron chi connectivity index (χ4n) is 2.62. The summed E-state index contributed by atoms with van der Waals surface area (Å²) < 4.78 is 12.9. The number of nitrogens with zero attached hydrogens (tertiary/aromatic N) is 3. The maximum atomic E-state index is 12.9. The average Bonchev–Trinajstić information content (AvgIpc) is 2.56. The number of nitrogens with one attached hydrogen (secondary N) is 1. The Morgan fingerprint density at radius 3 is 2.33 bits per heavy atom. The first kappa shape index (κ1) is 18.2. The molecule has 0 aliphatic carbocycles. The molecule has 4 nitrogen and oxygen atoms in total. The first-order valence-electron chi connectivity index (χ1n) is 8.71. The molecule has 0 aliphatic heterocycles. The molecule has 130 valence electrons. The highest BCUT2D eigenvalue weighted by Gasteiger charge is 2.10. The zero-order chi connectivity index (χ0) is 17.4. The van der Waals surface area contributed by atoms with Gasteiger partial charge in [0.05, 0.1) is 0 Å². The quantitative estimate of drug-likeness (QED) is 0.748. The Kier molecular flexibility index (Phi) is 6.97. The Balaban J connectivity index is 2.00. The number of hydrogen-bond acceptors (Lipinski definition) is 4. The molecule has 0 bridgehead atoms. The van der Waals surface area contributed by atoms with E-state index >= 15 is 0 Å². The van der Waals surface area contributed by atoms with Crippen molar-refractivity contribution in [1.82, 2.24) is 9.97 Å². The molecule has 0 atom stereocenters. The highest BCUT2D eigenvalue weighted by Crippen LogP contribution is 2.15. The van der Waals surface area contributed by atoms with Crippen molar-refractivity contribution >= 4 is 11.8 Å². The maximum absolute atomic E-state index is 12.9. The minimum absolute atomic E-state index is 0.199. The molecule has 1 aromatic heterocycles. The van der Waals surface area contributed by atoms with Gasteiger partial charge in [-0.2, -0.15) is 4.98 Å². The molecule has 1 N–H and O–H groups in total. The molecule has 1 heterocycles. The summed E-state index contributed by atoms with van der Waals surface area (Å²) in [4.78, 5) is 11.5. The summed E-state index contributed by atoms with van der Waals surface area (Å²) in [6.07, 6.45) is 2.97. The second-order valence-electron chi connectivity index (χ2n) is 5.98. The molecular weight excluding hydrogens is 303 g/mol. The third kappa shape index (κ3) is 5.48. The van der Waals surface area contributed by atoms with Gasteiger partial charge in [-0.3, -0.25) is 0 Å². The number of benzene rings is 1. The van der Waals surface area contributed by atoms with Crippen molar-refractivity contribution in [2.45, 2.75) is 40.0 Å². The van der Waals surface area contributed by atoms with E-state index in [-0.39, 0.29) is 5.82 Å². The van der Waals surface area contributed by atoms with E-state index in [0.717, 1.165) is 61.9 Å². The number of aryl methyl sites for hydroxylation is 1. The first-order valence-corrected chi connectivity index (χ1v) is 8.71. The van der Waals surface area contributed by atoms with E-state index in [9.17, 15) is 4.39 Å². The minimum atomic E-state index is -0.199. The molecule has 24 heavy (non-hydrogen) atoms. The zero-order valence-corrected chi connectivity index (χ0v) is 14.8. The van der Waals surface area contributed by atoms with Gasteiger partial charge in [-0.15, -0.1) is 0 Å². The molecule has 0 aliphatic rings. The molecule has 2 rings (SSSR count). The van der Waals surface area contributed by atoms with Crippen LogP contribution in [0.5, 0.6) is 0 Å². The van der Waals surface area contributed by atoms with Crippen LogP contribution < -0.4 is 10.2 Å². The van der Waals surface area contributed by atoms with Crippen molar-refractivity contribution in [2.75, 3.05) is 29.9 Å². The van der Waals surface area contributed by atoms with E-state index in [1.54, 1.807) is 0 Å². The van der Waals surface area contributed by atoms with Crippen LogP contribution in [0.25, 0.3) is 0 Å². The number of hydrogen-bond donors (Lipinski definition) is 1. The summed E-state index contributed by atoms with van der Waals surface area (Å²) in [6, 6.07) is 8.59. The second-order valence-corrected chi connectivity index (χ2v) is 5.98. The van der Waals surface area contributed by atoms with E-state index in [0.29, 0.717) is 0 Å². The largest absolute Gasteiger partial charge is 0.370 e. The number of aromatic nitrogens is 2. The normalized spacial score (nSPS) is 10.7. The van der Waals surface area contributed by atoms with Gasteiger partial charge in [0, 0.05) is 31.4 Å². The number of halogens is 1. The third-order valence-corrected chi connectivity index (χ3v) is 3.75. The summed E-state index contributed by atoms with van der Waals surface area (Å²) in [5, 5.41) is 3.36. The molecule has 0 amide bonds. The van der Waals surface area contributed by atoms with Crippen LogP contribution in [0.1, 0.15) is 37.9 Å². The molecule has 0 saturated heterocycles. The molecule has 1 aromatic carbocycles. The molecule has 5 heteroatoms. The van der Waals surface area contributed by atoms with Gasteiger partial charge in [0.1, 0.15) is 11.6 Å². The molecule has 0 radical (unpaired) electrons. The Morgan fingerprint density at radius 2 is 1.71 bits per heavy atom. The van der Waals surface area contributed by atoms with E-state index in [2.05, 4.69) is 34.0 Å². The van der Waals surface area contributed by atoms with Crippen LogP contribution in [0.3, 0.4) is 0 Å². The lowest BCUT2D eigenvalue weighted by Gasteiger charge is -2.22. The lowest BCUT2D eigenvalue weighted by Crippen LogP contribution is -2.27. The Morgan fingerprint density at radius 1 is 1.04 bits per heavy atom. The minimum Gasteiger partial charge on any atom is -0.370 e. The van der Waals surface area contributed by atoms with Crippen molar-refractivity contribution in [3.05, 3.63) is 47.4 Å². The fraction of sp³-hybridized carbons (Fsp3) is 0.474. The smallest absolute Gasteiger partial charge is 0.227 e. The van der Waals surface area contributed by atoms with E-state index in [4.69, 9.17) is 0 Å². The van der Waals surface area contributed by atoms with Crippen LogP contribution in [0.2, 0.25) is 0 Å². The van der Waals surface area contributed by atoms with Crippen LogP contribution in [0.15, 0.2) is 30.3 Å². The standard InChI is InChI=1S/C19H27FN4/c1-4-12-24(13-5-2)19-22-15(3)14-18(23-19)21-11-10-16-6-8-17(20)9-7-16/h6-9,14H,4-5,10-13H2,1-3H3,(H,21,22,23). The summed E-state index contributed by atoms with van der Waals surface area (Å²) in [5.41, 5.74) is 2.06. The molecule has 0 saturated carbocycles. The highest BCUT2D eigenvalue weighted by molar-refractivity contribution is 5.43. The van der Waals surface area contributed by atoms with Gasteiger partial charge in [-0.25, -0.2) is 9.37 Å². The predicted octanol–water partition coefficient (Wildman–Crippen LogP) is 4.21. The monoisotopic (exact) mass is 330 g/mol. The van der Waals surface area contributed by atoms with Crippen LogP contribution in [-0.4, -0.2) is 29.6 Å². The van der Waals surface area contributed by atoms with Crippen molar-refractivity contribution in [3.8, 4) is 0 Å². The van der Waals surface area contributed by atoms with Gasteiger partial charge in [-0.05, 0) is 43.9 Å². The SMILES string of the molecule is CCCN(CCC)c1nc(C)cc(NCCc2ccc(F)cc2)n1. The summed E-state index contributed by atoms with van der Waals surface area (Å²) >= 11 is 0. The van der Waals surface area contributed by atoms with Gasteiger partial charge >= 0.3 is 0 Å². The van der Waals surface area contributed by atoms with E-state index < -0.39 is 0 Å². The Labute approximate surface area is 144 Å². The first-order chi connectivity index (χ1) is 11.6. The number of rotatable bonds is 9. The summed E-state index contributed by atoms with van der Waals surface area (Å²) in [7, 11) is 0. The lowest BCUT2D eigenvalue weighted by molar-refractivity contribution is 0.627. The topological polar surface area (TPSA) is 41.1 Å². The van der Waals surface area contributed by atoms with Gasteiger partial charge in [-0.1, -0.05) is 26.0 Å². The van der Waals surface area contributed by atoms with Crippen LogP contribution in [0, 0.1) is 12.7 Å². The van der Waals surface area contributed by atoms with Crippen molar-refractivity contribution in [3.63, 3.8) is 0 Å².